The fourth-order valence-corrected chi connectivity index (χ4v) is 2.92. The summed E-state index contributed by atoms with van der Waals surface area (Å²) in [6.07, 6.45) is 0.319. The van der Waals surface area contributed by atoms with Gasteiger partial charge in [-0.1, -0.05) is 42.5 Å². The highest BCUT2D eigenvalue weighted by atomic mass is 16.5. The van der Waals surface area contributed by atoms with Gasteiger partial charge in [0.1, 0.15) is 5.76 Å². The topological polar surface area (TPSA) is 68.5 Å². The highest BCUT2D eigenvalue weighted by Crippen LogP contribution is 2.31. The molecule has 0 bridgehead atoms. The van der Waals surface area contributed by atoms with Gasteiger partial charge in [-0.15, -0.1) is 0 Å². The second-order valence-electron chi connectivity index (χ2n) is 6.33. The number of hydrogen-bond acceptors (Lipinski definition) is 4. The minimum Gasteiger partial charge on any atom is -0.490 e. The van der Waals surface area contributed by atoms with E-state index in [2.05, 4.69) is 5.32 Å². The number of Topliss-reactive ketones (excluding diaryl/α,β-unsaturated/α-hetero) is 1. The summed E-state index contributed by atoms with van der Waals surface area (Å²) >= 11 is 0. The van der Waals surface area contributed by atoms with Crippen LogP contribution in [0.2, 0.25) is 0 Å². The minimum absolute atomic E-state index is 0.0384. The summed E-state index contributed by atoms with van der Waals surface area (Å²) in [6.45, 7) is 4.33. The number of para-hydroxylation sites is 1. The van der Waals surface area contributed by atoms with E-state index in [0.717, 1.165) is 5.39 Å². The zero-order valence-electron chi connectivity index (χ0n) is 15.5. The van der Waals surface area contributed by atoms with Gasteiger partial charge in [0.25, 0.3) is 0 Å². The molecule has 1 heterocycles. The number of carbonyl (C=O) groups excluding carboxylic acids is 2. The van der Waals surface area contributed by atoms with E-state index in [9.17, 15) is 9.59 Å². The highest BCUT2D eigenvalue weighted by Gasteiger charge is 2.17. The number of rotatable bonds is 8. The predicted molar refractivity (Wildman–Crippen MR) is 104 cm³/mol. The number of ketones is 1. The Kier molecular flexibility index (Phi) is 5.91. The van der Waals surface area contributed by atoms with E-state index in [0.29, 0.717) is 29.3 Å². The number of hydrogen-bond donors (Lipinski definition) is 1. The number of furan rings is 1. The first kappa shape index (κ1) is 18.7. The lowest BCUT2D eigenvalue weighted by Crippen LogP contribution is -2.26. The second kappa shape index (κ2) is 8.54. The smallest absolute Gasteiger partial charge is 0.221 e. The molecule has 3 rings (SSSR count). The van der Waals surface area contributed by atoms with Crippen molar-refractivity contribution in [2.24, 2.45) is 0 Å². The Morgan fingerprint density at radius 1 is 1.07 bits per heavy atom. The van der Waals surface area contributed by atoms with Gasteiger partial charge >= 0.3 is 0 Å². The summed E-state index contributed by atoms with van der Waals surface area (Å²) in [5.41, 5.74) is 1.30. The van der Waals surface area contributed by atoms with E-state index < -0.39 is 0 Å². The molecule has 140 valence electrons. The molecule has 0 saturated carbocycles. The largest absolute Gasteiger partial charge is 0.490 e. The molecular formula is C22H23NO4. The van der Waals surface area contributed by atoms with E-state index in [1.54, 1.807) is 12.1 Å². The van der Waals surface area contributed by atoms with Crippen molar-refractivity contribution in [3.63, 3.8) is 0 Å². The van der Waals surface area contributed by atoms with Gasteiger partial charge in [-0.05, 0) is 26.0 Å². The molecule has 3 aromatic rings. The van der Waals surface area contributed by atoms with Crippen LogP contribution in [0.25, 0.3) is 11.0 Å². The molecule has 0 radical (unpaired) electrons. The van der Waals surface area contributed by atoms with Crippen molar-refractivity contribution in [3.8, 4) is 5.75 Å². The number of amides is 1. The Morgan fingerprint density at radius 3 is 2.59 bits per heavy atom. The third-order valence-corrected chi connectivity index (χ3v) is 4.31. The van der Waals surface area contributed by atoms with Crippen molar-refractivity contribution in [3.05, 3.63) is 65.9 Å². The van der Waals surface area contributed by atoms with Crippen molar-refractivity contribution >= 4 is 22.7 Å². The molecule has 27 heavy (non-hydrogen) atoms. The quantitative estimate of drug-likeness (QED) is 0.589. The van der Waals surface area contributed by atoms with Crippen LogP contribution in [0.15, 0.2) is 59.0 Å². The van der Waals surface area contributed by atoms with Crippen molar-refractivity contribution in [2.45, 2.75) is 32.7 Å². The molecule has 0 aliphatic heterocycles. The zero-order chi connectivity index (χ0) is 19.2. The molecule has 0 aliphatic rings. The molecule has 1 N–H and O–H groups in total. The number of fused-ring (bicyclic) bond motifs is 1. The van der Waals surface area contributed by atoms with Crippen LogP contribution in [-0.2, 0) is 4.79 Å². The van der Waals surface area contributed by atoms with E-state index in [1.807, 2.05) is 56.3 Å². The summed E-state index contributed by atoms with van der Waals surface area (Å²) in [5, 5.41) is 3.82. The van der Waals surface area contributed by atoms with Crippen LogP contribution < -0.4 is 10.1 Å². The van der Waals surface area contributed by atoms with E-state index in [-0.39, 0.29) is 30.6 Å². The van der Waals surface area contributed by atoms with Crippen LogP contribution in [0.3, 0.4) is 0 Å². The molecule has 0 saturated heterocycles. The standard InChI is InChI=1S/C22H23NO4/c1-3-26-19-11-7-10-17-14-20(27-22(17)19)15(2)23-21(25)13-12-18(24)16-8-5-4-6-9-16/h4-11,14-15H,3,12-13H2,1-2H3,(H,23,25). The molecule has 2 aromatic carbocycles. The summed E-state index contributed by atoms with van der Waals surface area (Å²) in [7, 11) is 0. The van der Waals surface area contributed by atoms with Crippen LogP contribution in [0, 0.1) is 0 Å². The Hall–Kier alpha value is -3.08. The fraction of sp³-hybridized carbons (Fsp3) is 0.273. The average Bonchev–Trinajstić information content (AvgIpc) is 3.12. The SMILES string of the molecule is CCOc1cccc2cc(C(C)NC(=O)CCC(=O)c3ccccc3)oc12. The van der Waals surface area contributed by atoms with Crippen LogP contribution in [0.1, 0.15) is 48.8 Å². The molecule has 1 amide bonds. The summed E-state index contributed by atoms with van der Waals surface area (Å²) in [4.78, 5) is 24.3. The van der Waals surface area contributed by atoms with Gasteiger partial charge in [0.05, 0.1) is 12.6 Å². The first-order valence-corrected chi connectivity index (χ1v) is 9.11. The van der Waals surface area contributed by atoms with Crippen molar-refractivity contribution in [1.29, 1.82) is 0 Å². The second-order valence-corrected chi connectivity index (χ2v) is 6.33. The van der Waals surface area contributed by atoms with Crippen LogP contribution in [-0.4, -0.2) is 18.3 Å². The van der Waals surface area contributed by atoms with Crippen molar-refractivity contribution < 1.29 is 18.7 Å². The lowest BCUT2D eigenvalue weighted by molar-refractivity contribution is -0.121. The van der Waals surface area contributed by atoms with Gasteiger partial charge in [0, 0.05) is 23.8 Å². The maximum absolute atomic E-state index is 12.2. The average molecular weight is 365 g/mol. The van der Waals surface area contributed by atoms with Crippen LogP contribution >= 0.6 is 0 Å². The van der Waals surface area contributed by atoms with Gasteiger partial charge in [0.2, 0.25) is 5.91 Å². The molecular weight excluding hydrogens is 342 g/mol. The molecule has 0 fully saturated rings. The van der Waals surface area contributed by atoms with Crippen molar-refractivity contribution in [2.75, 3.05) is 6.61 Å². The third kappa shape index (κ3) is 4.56. The number of nitrogens with one attached hydrogen (secondary N) is 1. The Balaban J connectivity index is 1.60. The van der Waals surface area contributed by atoms with E-state index in [1.165, 1.54) is 0 Å². The molecule has 0 aliphatic carbocycles. The van der Waals surface area contributed by atoms with Gasteiger partial charge in [0.15, 0.2) is 17.1 Å². The Morgan fingerprint density at radius 2 is 1.85 bits per heavy atom. The monoisotopic (exact) mass is 365 g/mol. The Bertz CT molecular complexity index is 930. The molecule has 1 unspecified atom stereocenters. The normalized spacial score (nSPS) is 11.9. The first-order valence-electron chi connectivity index (χ1n) is 9.11. The summed E-state index contributed by atoms with van der Waals surface area (Å²) < 4.78 is 11.5. The van der Waals surface area contributed by atoms with Gasteiger partial charge < -0.3 is 14.5 Å². The minimum atomic E-state index is -0.300. The van der Waals surface area contributed by atoms with Gasteiger partial charge in [-0.3, -0.25) is 9.59 Å². The van der Waals surface area contributed by atoms with Crippen molar-refractivity contribution in [1.82, 2.24) is 5.32 Å². The summed E-state index contributed by atoms with van der Waals surface area (Å²) in [6, 6.07) is 16.3. The molecule has 0 spiro atoms. The van der Waals surface area contributed by atoms with Gasteiger partial charge in [-0.2, -0.15) is 0 Å². The third-order valence-electron chi connectivity index (χ3n) is 4.31. The first-order chi connectivity index (χ1) is 13.1. The fourth-order valence-electron chi connectivity index (χ4n) is 2.92. The maximum atomic E-state index is 12.2. The molecule has 5 heteroatoms. The lowest BCUT2D eigenvalue weighted by Gasteiger charge is -2.11. The van der Waals surface area contributed by atoms with Gasteiger partial charge in [-0.25, -0.2) is 0 Å². The molecule has 5 nitrogen and oxygen atoms in total. The number of carbonyl (C=O) groups is 2. The number of benzene rings is 2. The lowest BCUT2D eigenvalue weighted by atomic mass is 10.1. The number of ether oxygens (including phenoxy) is 1. The highest BCUT2D eigenvalue weighted by molar-refractivity contribution is 5.97. The zero-order valence-corrected chi connectivity index (χ0v) is 15.5. The maximum Gasteiger partial charge on any atom is 0.221 e. The molecule has 1 aromatic heterocycles. The van der Waals surface area contributed by atoms with E-state index >= 15 is 0 Å². The van der Waals surface area contributed by atoms with Crippen LogP contribution in [0.5, 0.6) is 5.75 Å². The summed E-state index contributed by atoms with van der Waals surface area (Å²) in [5.74, 6) is 1.12. The predicted octanol–water partition coefficient (Wildman–Crippen LogP) is 4.67. The van der Waals surface area contributed by atoms with E-state index in [4.69, 9.17) is 9.15 Å². The van der Waals surface area contributed by atoms with Crippen LogP contribution in [0.4, 0.5) is 0 Å². The molecule has 1 atom stereocenters. The Labute approximate surface area is 158 Å².